The third-order valence-electron chi connectivity index (χ3n) is 2.84. The number of thiophene rings is 1. The normalized spacial score (nSPS) is 10.3. The lowest BCUT2D eigenvalue weighted by atomic mass is 10.1. The molecule has 0 atom stereocenters. The second-order valence-electron chi connectivity index (χ2n) is 4.02. The first kappa shape index (κ1) is 12.0. The molecule has 1 aromatic heterocycles. The lowest BCUT2D eigenvalue weighted by Crippen LogP contribution is -2.01. The third kappa shape index (κ3) is 2.61. The molecule has 0 saturated carbocycles. The van der Waals surface area contributed by atoms with E-state index in [4.69, 9.17) is 4.74 Å². The Morgan fingerprint density at radius 1 is 1.24 bits per heavy atom. The maximum absolute atomic E-state index is 5.42. The Bertz CT molecular complexity index is 491. The summed E-state index contributed by atoms with van der Waals surface area (Å²) in [6, 6.07) is 8.41. The summed E-state index contributed by atoms with van der Waals surface area (Å²) in [4.78, 5) is 1.34. The van der Waals surface area contributed by atoms with Gasteiger partial charge >= 0.3 is 0 Å². The van der Waals surface area contributed by atoms with Crippen LogP contribution >= 0.6 is 11.3 Å². The van der Waals surface area contributed by atoms with Crippen LogP contribution in [0.25, 0.3) is 0 Å². The zero-order valence-corrected chi connectivity index (χ0v) is 11.2. The predicted molar refractivity (Wildman–Crippen MR) is 74.1 cm³/mol. The first-order chi connectivity index (χ1) is 8.22. The minimum absolute atomic E-state index is 0.866. The van der Waals surface area contributed by atoms with Crippen molar-refractivity contribution in [2.24, 2.45) is 0 Å². The quantitative estimate of drug-likeness (QED) is 0.882. The molecule has 2 aromatic rings. The summed E-state index contributed by atoms with van der Waals surface area (Å²) in [6.07, 6.45) is 0. The van der Waals surface area contributed by atoms with E-state index in [1.807, 2.05) is 0 Å². The predicted octanol–water partition coefficient (Wildman–Crippen LogP) is 3.99. The van der Waals surface area contributed by atoms with Crippen LogP contribution in [0.2, 0.25) is 0 Å². The molecule has 1 aromatic carbocycles. The Hall–Kier alpha value is -1.48. The van der Waals surface area contributed by atoms with E-state index in [9.17, 15) is 0 Å². The van der Waals surface area contributed by atoms with Gasteiger partial charge in [0.15, 0.2) is 0 Å². The SMILES string of the molecule is COc1c(C)ccc(NCc2cccs2)c1C. The molecule has 17 heavy (non-hydrogen) atoms. The first-order valence-electron chi connectivity index (χ1n) is 5.63. The number of ether oxygens (including phenoxy) is 1. The number of methoxy groups -OCH3 is 1. The summed E-state index contributed by atoms with van der Waals surface area (Å²) in [7, 11) is 1.72. The van der Waals surface area contributed by atoms with E-state index in [-0.39, 0.29) is 0 Å². The molecular formula is C14H17NOS. The fourth-order valence-electron chi connectivity index (χ4n) is 1.93. The zero-order chi connectivity index (χ0) is 12.3. The maximum Gasteiger partial charge on any atom is 0.126 e. The number of nitrogens with one attached hydrogen (secondary N) is 1. The summed E-state index contributed by atoms with van der Waals surface area (Å²) in [5, 5.41) is 5.54. The number of benzene rings is 1. The minimum Gasteiger partial charge on any atom is -0.496 e. The smallest absolute Gasteiger partial charge is 0.126 e. The van der Waals surface area contributed by atoms with Gasteiger partial charge in [0.05, 0.1) is 7.11 Å². The van der Waals surface area contributed by atoms with Crippen molar-refractivity contribution in [3.63, 3.8) is 0 Å². The summed E-state index contributed by atoms with van der Waals surface area (Å²) in [6.45, 7) is 5.02. The lowest BCUT2D eigenvalue weighted by Gasteiger charge is -2.14. The highest BCUT2D eigenvalue weighted by molar-refractivity contribution is 7.09. The largest absolute Gasteiger partial charge is 0.496 e. The summed E-state index contributed by atoms with van der Waals surface area (Å²) in [5.74, 6) is 0.973. The van der Waals surface area contributed by atoms with Gasteiger partial charge in [0.1, 0.15) is 5.75 Å². The van der Waals surface area contributed by atoms with Gasteiger partial charge in [0.2, 0.25) is 0 Å². The van der Waals surface area contributed by atoms with Gasteiger partial charge in [-0.2, -0.15) is 0 Å². The van der Waals surface area contributed by atoms with Crippen LogP contribution in [-0.4, -0.2) is 7.11 Å². The Morgan fingerprint density at radius 3 is 2.71 bits per heavy atom. The first-order valence-corrected chi connectivity index (χ1v) is 6.50. The number of hydrogen-bond donors (Lipinski definition) is 1. The number of aryl methyl sites for hydroxylation is 1. The Labute approximate surface area is 106 Å². The average Bonchev–Trinajstić information content (AvgIpc) is 2.82. The minimum atomic E-state index is 0.866. The van der Waals surface area contributed by atoms with Crippen LogP contribution in [0.1, 0.15) is 16.0 Å². The molecule has 90 valence electrons. The van der Waals surface area contributed by atoms with Crippen molar-refractivity contribution in [1.29, 1.82) is 0 Å². The molecule has 0 fully saturated rings. The van der Waals surface area contributed by atoms with Crippen LogP contribution in [0.3, 0.4) is 0 Å². The van der Waals surface area contributed by atoms with E-state index < -0.39 is 0 Å². The van der Waals surface area contributed by atoms with Crippen LogP contribution in [0.15, 0.2) is 29.6 Å². The molecule has 0 saturated heterocycles. The maximum atomic E-state index is 5.42. The van der Waals surface area contributed by atoms with Gasteiger partial charge in [0, 0.05) is 22.7 Å². The molecule has 0 spiro atoms. The lowest BCUT2D eigenvalue weighted by molar-refractivity contribution is 0.409. The second-order valence-corrected chi connectivity index (χ2v) is 5.05. The molecule has 2 rings (SSSR count). The molecule has 0 bridgehead atoms. The fourth-order valence-corrected chi connectivity index (χ4v) is 2.57. The zero-order valence-electron chi connectivity index (χ0n) is 10.4. The molecule has 1 heterocycles. The molecule has 0 aliphatic heterocycles. The van der Waals surface area contributed by atoms with Gasteiger partial charge in [-0.25, -0.2) is 0 Å². The average molecular weight is 247 g/mol. The van der Waals surface area contributed by atoms with Gasteiger partial charge < -0.3 is 10.1 Å². The van der Waals surface area contributed by atoms with Gasteiger partial charge in [0.25, 0.3) is 0 Å². The van der Waals surface area contributed by atoms with Crippen molar-refractivity contribution in [3.05, 3.63) is 45.6 Å². The van der Waals surface area contributed by atoms with Crippen molar-refractivity contribution in [2.45, 2.75) is 20.4 Å². The van der Waals surface area contributed by atoms with E-state index in [1.54, 1.807) is 18.4 Å². The number of anilines is 1. The van der Waals surface area contributed by atoms with E-state index in [0.717, 1.165) is 18.0 Å². The van der Waals surface area contributed by atoms with Gasteiger partial charge in [-0.15, -0.1) is 11.3 Å². The fraction of sp³-hybridized carbons (Fsp3) is 0.286. The summed E-state index contributed by atoms with van der Waals surface area (Å²) >= 11 is 1.77. The molecule has 3 heteroatoms. The Balaban J connectivity index is 2.16. The van der Waals surface area contributed by atoms with Crippen molar-refractivity contribution in [3.8, 4) is 5.75 Å². The van der Waals surface area contributed by atoms with E-state index in [2.05, 4.69) is 48.8 Å². The van der Waals surface area contributed by atoms with Crippen LogP contribution in [0.5, 0.6) is 5.75 Å². The van der Waals surface area contributed by atoms with Crippen molar-refractivity contribution >= 4 is 17.0 Å². The molecule has 1 N–H and O–H groups in total. The van der Waals surface area contributed by atoms with Crippen molar-refractivity contribution in [2.75, 3.05) is 12.4 Å². The van der Waals surface area contributed by atoms with E-state index in [1.165, 1.54) is 16.0 Å². The molecule has 0 radical (unpaired) electrons. The van der Waals surface area contributed by atoms with Crippen LogP contribution < -0.4 is 10.1 Å². The van der Waals surface area contributed by atoms with Crippen LogP contribution in [0.4, 0.5) is 5.69 Å². The Morgan fingerprint density at radius 2 is 2.06 bits per heavy atom. The Kier molecular flexibility index (Phi) is 3.69. The topological polar surface area (TPSA) is 21.3 Å². The van der Waals surface area contributed by atoms with Gasteiger partial charge in [-0.1, -0.05) is 12.1 Å². The van der Waals surface area contributed by atoms with Gasteiger partial charge in [-0.05, 0) is 36.9 Å². The molecule has 0 unspecified atom stereocenters. The number of hydrogen-bond acceptors (Lipinski definition) is 3. The molecule has 0 aliphatic rings. The van der Waals surface area contributed by atoms with Crippen LogP contribution in [-0.2, 0) is 6.54 Å². The monoisotopic (exact) mass is 247 g/mol. The van der Waals surface area contributed by atoms with Crippen molar-refractivity contribution < 1.29 is 4.74 Å². The standard InChI is InChI=1S/C14H17NOS/c1-10-6-7-13(11(2)14(10)16-3)15-9-12-5-4-8-17-12/h4-8,15H,9H2,1-3H3. The van der Waals surface area contributed by atoms with E-state index >= 15 is 0 Å². The molecule has 0 amide bonds. The summed E-state index contributed by atoms with van der Waals surface area (Å²) < 4.78 is 5.42. The van der Waals surface area contributed by atoms with Crippen molar-refractivity contribution in [1.82, 2.24) is 0 Å². The van der Waals surface area contributed by atoms with Gasteiger partial charge in [-0.3, -0.25) is 0 Å². The highest BCUT2D eigenvalue weighted by Crippen LogP contribution is 2.29. The second kappa shape index (κ2) is 5.23. The third-order valence-corrected chi connectivity index (χ3v) is 3.72. The summed E-state index contributed by atoms with van der Waals surface area (Å²) in [5.41, 5.74) is 3.48. The molecule has 0 aliphatic carbocycles. The highest BCUT2D eigenvalue weighted by Gasteiger charge is 2.07. The van der Waals surface area contributed by atoms with Crippen LogP contribution in [0, 0.1) is 13.8 Å². The molecular weight excluding hydrogens is 230 g/mol. The van der Waals surface area contributed by atoms with E-state index in [0.29, 0.717) is 0 Å². The number of rotatable bonds is 4. The molecule has 2 nitrogen and oxygen atoms in total. The highest BCUT2D eigenvalue weighted by atomic mass is 32.1.